The van der Waals surface area contributed by atoms with Crippen LogP contribution < -0.4 is 16.4 Å². The van der Waals surface area contributed by atoms with Gasteiger partial charge in [0.05, 0.1) is 29.6 Å². The van der Waals surface area contributed by atoms with Crippen LogP contribution in [0.2, 0.25) is 0 Å². The minimum absolute atomic E-state index is 0.110. The molecule has 0 unspecified atom stereocenters. The van der Waals surface area contributed by atoms with Gasteiger partial charge in [0.25, 0.3) is 5.91 Å². The highest BCUT2D eigenvalue weighted by Crippen LogP contribution is 2.21. The van der Waals surface area contributed by atoms with Crippen LogP contribution in [0.5, 0.6) is 0 Å². The van der Waals surface area contributed by atoms with Crippen molar-refractivity contribution in [1.82, 2.24) is 9.78 Å². The summed E-state index contributed by atoms with van der Waals surface area (Å²) in [6.45, 7) is 2.04. The number of aromatic nitrogens is 2. The molecule has 0 atom stereocenters. The van der Waals surface area contributed by atoms with Crippen LogP contribution in [0.1, 0.15) is 22.8 Å². The second kappa shape index (κ2) is 8.08. The van der Waals surface area contributed by atoms with Crippen LogP contribution >= 0.6 is 0 Å². The molecule has 1 heterocycles. The molecule has 0 saturated carbocycles. The van der Waals surface area contributed by atoms with E-state index in [4.69, 9.17) is 5.73 Å². The zero-order valence-corrected chi connectivity index (χ0v) is 16.4. The second-order valence-electron chi connectivity index (χ2n) is 7.00. The molecule has 0 radical (unpaired) electrons. The number of hydrogen-bond acceptors (Lipinski definition) is 4. The molecule has 4 aromatic rings. The molecule has 4 N–H and O–H groups in total. The highest BCUT2D eigenvalue weighted by atomic mass is 16.2. The van der Waals surface area contributed by atoms with E-state index < -0.39 is 0 Å². The molecule has 3 aromatic carbocycles. The molecule has 30 heavy (non-hydrogen) atoms. The monoisotopic (exact) mass is 399 g/mol. The number of rotatable bonds is 5. The molecule has 2 amide bonds. The largest absolute Gasteiger partial charge is 0.397 e. The fourth-order valence-corrected chi connectivity index (χ4v) is 3.23. The van der Waals surface area contributed by atoms with Gasteiger partial charge in [-0.1, -0.05) is 24.3 Å². The summed E-state index contributed by atoms with van der Waals surface area (Å²) < 4.78 is 1.88. The third-order valence-corrected chi connectivity index (χ3v) is 4.72. The Balaban J connectivity index is 1.47. The SMILES string of the molecule is CC(=O)Nc1ccc2c(cnn2Cc2ccc(C(=O)Nc3ccccc3N)cc2)c1. The summed E-state index contributed by atoms with van der Waals surface area (Å²) in [5.41, 5.74) is 10.3. The van der Waals surface area contributed by atoms with E-state index in [1.54, 1.807) is 30.5 Å². The summed E-state index contributed by atoms with van der Waals surface area (Å²) in [5.74, 6) is -0.324. The van der Waals surface area contributed by atoms with Gasteiger partial charge in [-0.2, -0.15) is 5.10 Å². The molecule has 0 bridgehead atoms. The Bertz CT molecular complexity index is 1230. The van der Waals surface area contributed by atoms with Crippen LogP contribution in [-0.2, 0) is 11.3 Å². The van der Waals surface area contributed by atoms with Gasteiger partial charge in [0.15, 0.2) is 0 Å². The topological polar surface area (TPSA) is 102 Å². The molecule has 0 aliphatic rings. The van der Waals surface area contributed by atoms with Gasteiger partial charge in [0.2, 0.25) is 5.91 Å². The van der Waals surface area contributed by atoms with Gasteiger partial charge < -0.3 is 16.4 Å². The summed E-state index contributed by atoms with van der Waals surface area (Å²) in [7, 11) is 0. The fourth-order valence-electron chi connectivity index (χ4n) is 3.23. The number of nitrogen functional groups attached to an aromatic ring is 1. The Morgan fingerprint density at radius 3 is 2.50 bits per heavy atom. The summed E-state index contributed by atoms with van der Waals surface area (Å²) >= 11 is 0. The van der Waals surface area contributed by atoms with Crippen molar-refractivity contribution in [1.29, 1.82) is 0 Å². The van der Waals surface area contributed by atoms with E-state index in [2.05, 4.69) is 15.7 Å². The van der Waals surface area contributed by atoms with Crippen LogP contribution in [0, 0.1) is 0 Å². The van der Waals surface area contributed by atoms with E-state index in [0.717, 1.165) is 22.2 Å². The Hall–Kier alpha value is -4.13. The lowest BCUT2D eigenvalue weighted by atomic mass is 10.1. The number of fused-ring (bicyclic) bond motifs is 1. The first-order valence-electron chi connectivity index (χ1n) is 9.47. The number of benzene rings is 3. The Morgan fingerprint density at radius 1 is 1.00 bits per heavy atom. The van der Waals surface area contributed by atoms with E-state index >= 15 is 0 Å². The van der Waals surface area contributed by atoms with E-state index in [0.29, 0.717) is 23.5 Å². The average Bonchev–Trinajstić information content (AvgIpc) is 3.11. The number of para-hydroxylation sites is 2. The van der Waals surface area contributed by atoms with Gasteiger partial charge in [-0.15, -0.1) is 0 Å². The smallest absolute Gasteiger partial charge is 0.255 e. The van der Waals surface area contributed by atoms with Gasteiger partial charge in [0.1, 0.15) is 0 Å². The van der Waals surface area contributed by atoms with E-state index in [1.807, 2.05) is 47.1 Å². The lowest BCUT2D eigenvalue weighted by molar-refractivity contribution is -0.114. The molecule has 4 rings (SSSR count). The molecular formula is C23H21N5O2. The number of nitrogens with two attached hydrogens (primary N) is 1. The highest BCUT2D eigenvalue weighted by Gasteiger charge is 2.09. The highest BCUT2D eigenvalue weighted by molar-refractivity contribution is 6.05. The second-order valence-corrected chi connectivity index (χ2v) is 7.00. The maximum absolute atomic E-state index is 12.5. The lowest BCUT2D eigenvalue weighted by Crippen LogP contribution is -2.13. The van der Waals surface area contributed by atoms with Gasteiger partial charge >= 0.3 is 0 Å². The van der Waals surface area contributed by atoms with Crippen molar-refractivity contribution < 1.29 is 9.59 Å². The van der Waals surface area contributed by atoms with Crippen molar-refractivity contribution in [2.75, 3.05) is 16.4 Å². The van der Waals surface area contributed by atoms with Crippen molar-refractivity contribution in [3.05, 3.63) is 84.1 Å². The predicted octanol–water partition coefficient (Wildman–Crippen LogP) is 3.88. The Kier molecular flexibility index (Phi) is 5.17. The molecule has 0 spiro atoms. The molecule has 7 heteroatoms. The zero-order valence-electron chi connectivity index (χ0n) is 16.4. The van der Waals surface area contributed by atoms with Crippen molar-refractivity contribution in [3.63, 3.8) is 0 Å². The first-order chi connectivity index (χ1) is 14.5. The third-order valence-electron chi connectivity index (χ3n) is 4.72. The first-order valence-corrected chi connectivity index (χ1v) is 9.47. The summed E-state index contributed by atoms with van der Waals surface area (Å²) in [6, 6.07) is 20.2. The van der Waals surface area contributed by atoms with Crippen molar-refractivity contribution in [3.8, 4) is 0 Å². The minimum Gasteiger partial charge on any atom is -0.397 e. The van der Waals surface area contributed by atoms with Gasteiger partial charge in [0, 0.05) is 23.6 Å². The summed E-state index contributed by atoms with van der Waals surface area (Å²) in [6.07, 6.45) is 1.77. The number of nitrogens with one attached hydrogen (secondary N) is 2. The van der Waals surface area contributed by atoms with Crippen LogP contribution in [0.25, 0.3) is 10.9 Å². The van der Waals surface area contributed by atoms with Crippen LogP contribution in [0.3, 0.4) is 0 Å². The van der Waals surface area contributed by atoms with Crippen molar-refractivity contribution in [2.24, 2.45) is 0 Å². The Morgan fingerprint density at radius 2 is 1.77 bits per heavy atom. The first kappa shape index (κ1) is 19.2. The molecule has 150 valence electrons. The number of carbonyl (C=O) groups excluding carboxylic acids is 2. The normalized spacial score (nSPS) is 10.7. The molecule has 0 saturated heterocycles. The number of carbonyl (C=O) groups is 2. The molecule has 0 fully saturated rings. The molecule has 0 aliphatic carbocycles. The molecular weight excluding hydrogens is 378 g/mol. The quantitative estimate of drug-likeness (QED) is 0.443. The van der Waals surface area contributed by atoms with Gasteiger partial charge in [-0.3, -0.25) is 14.3 Å². The number of amides is 2. The standard InChI is InChI=1S/C23H21N5O2/c1-15(29)26-19-10-11-22-18(12-19)13-25-28(22)14-16-6-8-17(9-7-16)23(30)27-21-5-3-2-4-20(21)24/h2-13H,14,24H2,1H3,(H,26,29)(H,27,30). The predicted molar refractivity (Wildman–Crippen MR) is 118 cm³/mol. The number of nitrogens with zero attached hydrogens (tertiary/aromatic N) is 2. The van der Waals surface area contributed by atoms with Gasteiger partial charge in [-0.05, 0) is 48.0 Å². The minimum atomic E-state index is -0.213. The number of hydrogen-bond donors (Lipinski definition) is 3. The van der Waals surface area contributed by atoms with Gasteiger partial charge in [-0.25, -0.2) is 0 Å². The lowest BCUT2D eigenvalue weighted by Gasteiger charge is -2.09. The third kappa shape index (κ3) is 4.15. The van der Waals surface area contributed by atoms with E-state index in [1.165, 1.54) is 6.92 Å². The van der Waals surface area contributed by atoms with Crippen molar-refractivity contribution in [2.45, 2.75) is 13.5 Å². The molecule has 1 aromatic heterocycles. The zero-order chi connectivity index (χ0) is 21.1. The van der Waals surface area contributed by atoms with E-state index in [9.17, 15) is 9.59 Å². The fraction of sp³-hybridized carbons (Fsp3) is 0.0870. The maximum atomic E-state index is 12.5. The summed E-state index contributed by atoms with van der Waals surface area (Å²) in [4.78, 5) is 23.7. The van der Waals surface area contributed by atoms with Crippen LogP contribution in [0.15, 0.2) is 72.9 Å². The molecule has 0 aliphatic heterocycles. The summed E-state index contributed by atoms with van der Waals surface area (Å²) in [5, 5.41) is 11.0. The average molecular weight is 399 g/mol. The van der Waals surface area contributed by atoms with Crippen LogP contribution in [-0.4, -0.2) is 21.6 Å². The van der Waals surface area contributed by atoms with Crippen molar-refractivity contribution >= 4 is 39.8 Å². The molecule has 7 nitrogen and oxygen atoms in total. The Labute approximate surface area is 173 Å². The number of anilines is 3. The maximum Gasteiger partial charge on any atom is 0.255 e. The van der Waals surface area contributed by atoms with E-state index in [-0.39, 0.29) is 11.8 Å². The van der Waals surface area contributed by atoms with Crippen LogP contribution in [0.4, 0.5) is 17.1 Å².